The number of benzene rings is 7. The minimum Gasteiger partial charge on any atom is -0.475 e. The molecule has 0 amide bonds. The molecule has 7 aromatic carbocycles. The summed E-state index contributed by atoms with van der Waals surface area (Å²) >= 11 is 1.72. The lowest BCUT2D eigenvalue weighted by molar-refractivity contribution is 0.149. The van der Waals surface area contributed by atoms with Crippen molar-refractivity contribution in [1.29, 1.82) is 0 Å². The van der Waals surface area contributed by atoms with Gasteiger partial charge in [-0.05, 0) is 119 Å². The quantitative estimate of drug-likeness (QED) is 0.163. The summed E-state index contributed by atoms with van der Waals surface area (Å²) in [4.78, 5) is 4.80. The maximum atomic E-state index is 7.04. The summed E-state index contributed by atoms with van der Waals surface area (Å²) < 4.78 is 28.6. The van der Waals surface area contributed by atoms with Crippen LogP contribution in [0.3, 0.4) is 0 Å². The molecule has 278 valence electrons. The van der Waals surface area contributed by atoms with Gasteiger partial charge in [-0.15, -0.1) is 0 Å². The van der Waals surface area contributed by atoms with E-state index in [-0.39, 0.29) is 25.5 Å². The first-order valence-corrected chi connectivity index (χ1v) is 21.1. The summed E-state index contributed by atoms with van der Waals surface area (Å²) in [5.74, 6) is 3.72. The van der Waals surface area contributed by atoms with Crippen LogP contribution in [0.25, 0.3) is 32.0 Å². The Hall–Kier alpha value is -6.83. The summed E-state index contributed by atoms with van der Waals surface area (Å²) in [6, 6.07) is 51.9. The van der Waals surface area contributed by atoms with E-state index in [0.717, 1.165) is 77.5 Å². The molecule has 0 saturated carbocycles. The van der Waals surface area contributed by atoms with Gasteiger partial charge in [0.25, 0.3) is 6.71 Å². The molecule has 2 aromatic heterocycles. The van der Waals surface area contributed by atoms with Crippen molar-refractivity contribution in [3.63, 3.8) is 0 Å². The van der Waals surface area contributed by atoms with Crippen LogP contribution in [0.2, 0.25) is 5.82 Å². The molecule has 2 unspecified atom stereocenters. The van der Waals surface area contributed by atoms with Crippen molar-refractivity contribution in [2.24, 2.45) is 0 Å². The summed E-state index contributed by atoms with van der Waals surface area (Å²) in [5, 5.41) is 4.35. The molecule has 6 nitrogen and oxygen atoms in total. The first kappa shape index (κ1) is 32.2. The van der Waals surface area contributed by atoms with Crippen LogP contribution in [0.4, 0.5) is 28.4 Å². The van der Waals surface area contributed by atoms with Crippen molar-refractivity contribution in [3.05, 3.63) is 157 Å². The lowest BCUT2D eigenvalue weighted by Crippen LogP contribution is -2.60. The zero-order chi connectivity index (χ0) is 38.7. The van der Waals surface area contributed by atoms with E-state index in [1.807, 2.05) is 12.1 Å². The molecule has 5 aliphatic rings. The minimum atomic E-state index is -0.271. The molecule has 0 radical (unpaired) electrons. The fraction of sp³-hybridized carbons (Fsp3) is 0.0800. The Balaban J connectivity index is 0.993. The normalized spacial score (nSPS) is 17.9. The minimum absolute atomic E-state index is 0.00743. The van der Waals surface area contributed by atoms with Crippen LogP contribution in [-0.4, -0.2) is 19.7 Å². The Morgan fingerprint density at radius 3 is 2.20 bits per heavy atom. The molecule has 7 heterocycles. The number of rotatable bonds is 2. The van der Waals surface area contributed by atoms with Gasteiger partial charge >= 0.3 is 0 Å². The van der Waals surface area contributed by atoms with Crippen LogP contribution in [0.1, 0.15) is 13.8 Å². The van der Waals surface area contributed by atoms with Crippen LogP contribution in [0.5, 0.6) is 22.3 Å². The second kappa shape index (κ2) is 11.4. The van der Waals surface area contributed by atoms with Crippen molar-refractivity contribution in [1.82, 2.24) is 0 Å². The highest BCUT2D eigenvalue weighted by Crippen LogP contribution is 2.54. The Morgan fingerprint density at radius 2 is 1.31 bits per heavy atom. The average Bonchev–Trinajstić information content (AvgIpc) is 3.93. The van der Waals surface area contributed by atoms with Crippen molar-refractivity contribution in [2.45, 2.75) is 25.9 Å². The Kier molecular flexibility index (Phi) is 6.23. The van der Waals surface area contributed by atoms with Gasteiger partial charge in [-0.1, -0.05) is 90.2 Å². The summed E-state index contributed by atoms with van der Waals surface area (Å²) in [7, 11) is 0. The molecular weight excluding hydrogens is 746 g/mol. The number of fused-ring (bicyclic) bond motifs is 13. The maximum absolute atomic E-state index is 7.04. The number of thiophene rings is 1. The number of anilines is 5. The first-order valence-electron chi connectivity index (χ1n) is 20.3. The smallest absolute Gasteiger partial charge is 0.256 e. The van der Waals surface area contributed by atoms with Gasteiger partial charge in [0.05, 0.1) is 16.8 Å². The van der Waals surface area contributed by atoms with E-state index in [0.29, 0.717) is 0 Å². The zero-order valence-electron chi connectivity index (χ0n) is 32.1. The predicted molar refractivity (Wildman–Crippen MR) is 242 cm³/mol. The predicted octanol–water partition coefficient (Wildman–Crippen LogP) is 10.1. The van der Waals surface area contributed by atoms with Crippen LogP contribution in [-0.2, 0) is 4.74 Å². The number of furan rings is 1. The Labute approximate surface area is 344 Å². The Morgan fingerprint density at radius 1 is 0.576 bits per heavy atom. The molecule has 59 heavy (non-hydrogen) atoms. The van der Waals surface area contributed by atoms with E-state index < -0.39 is 0 Å². The molecule has 0 spiro atoms. The van der Waals surface area contributed by atoms with Crippen LogP contribution < -0.4 is 46.6 Å². The largest absolute Gasteiger partial charge is 0.475 e. The molecule has 14 rings (SSSR count). The molecule has 9 heteroatoms. The first-order chi connectivity index (χ1) is 29.1. The monoisotopic (exact) mass is 778 g/mol. The van der Waals surface area contributed by atoms with Gasteiger partial charge < -0.3 is 28.4 Å². The van der Waals surface area contributed by atoms with Crippen molar-refractivity contribution in [3.8, 4) is 22.3 Å². The van der Waals surface area contributed by atoms with Crippen LogP contribution in [0, 0.1) is 0 Å². The molecule has 0 fully saturated rings. The van der Waals surface area contributed by atoms with Gasteiger partial charge in [-0.3, -0.25) is 0 Å². The molecular formula is C50H32B2N2O4S. The van der Waals surface area contributed by atoms with Gasteiger partial charge in [0, 0.05) is 38.7 Å². The highest BCUT2D eigenvalue weighted by Gasteiger charge is 2.55. The number of hydrogen-bond acceptors (Lipinski definition) is 7. The molecule has 5 aliphatic heterocycles. The van der Waals surface area contributed by atoms with E-state index in [9.17, 15) is 0 Å². The van der Waals surface area contributed by atoms with E-state index in [1.54, 1.807) is 11.3 Å². The average molecular weight is 779 g/mol. The van der Waals surface area contributed by atoms with Crippen LogP contribution >= 0.6 is 11.3 Å². The third-order valence-corrected chi connectivity index (χ3v) is 14.5. The maximum Gasteiger partial charge on any atom is 0.256 e. The second-order valence-corrected chi connectivity index (χ2v) is 17.3. The lowest BCUT2D eigenvalue weighted by Gasteiger charge is -2.45. The third-order valence-electron chi connectivity index (χ3n) is 13.5. The second-order valence-electron chi connectivity index (χ2n) is 16.3. The van der Waals surface area contributed by atoms with E-state index in [1.165, 1.54) is 44.0 Å². The summed E-state index contributed by atoms with van der Waals surface area (Å²) in [5.41, 5.74) is 14.7. The van der Waals surface area contributed by atoms with Gasteiger partial charge in [-0.25, -0.2) is 0 Å². The number of ether oxygens (including phenoxy) is 3. The molecule has 2 atom stereocenters. The van der Waals surface area contributed by atoms with Gasteiger partial charge in [-0.2, -0.15) is 0 Å². The van der Waals surface area contributed by atoms with E-state index in [4.69, 9.17) is 18.6 Å². The van der Waals surface area contributed by atoms with Crippen molar-refractivity contribution < 1.29 is 18.6 Å². The molecule has 9 aromatic rings. The number of hydrogen-bond donors (Lipinski definition) is 0. The van der Waals surface area contributed by atoms with E-state index >= 15 is 0 Å². The topological polar surface area (TPSA) is 47.3 Å². The standard InChI is InChI=1S/C50H32B2N2O4S/c1-27-28(2)55-49-45(27)52-46-31-25-33-42(57-40-23-11-19-36-47(40)51(33)32-16-7-8-17-34(32)53(36)29-13-4-3-5-14-29)26-43(31)59-50(46)58-41-24-12-20-37(48(41)52)54(49)35-18-10-22-39-44(35)30-15-6-9-21-38(30)56-39/h3-26,45,49H,1-2H3. The molecule has 0 N–H and O–H groups in total. The fourth-order valence-electron chi connectivity index (χ4n) is 11.0. The summed E-state index contributed by atoms with van der Waals surface area (Å²) in [6.45, 7) is 4.39. The lowest BCUT2D eigenvalue weighted by atomic mass is 9.29. The van der Waals surface area contributed by atoms with Crippen LogP contribution in [0.15, 0.2) is 161 Å². The number of para-hydroxylation sites is 3. The highest BCUT2D eigenvalue weighted by atomic mass is 32.1. The van der Waals surface area contributed by atoms with Gasteiger partial charge in [0.15, 0.2) is 11.3 Å². The van der Waals surface area contributed by atoms with Gasteiger partial charge in [0.1, 0.15) is 28.4 Å². The highest BCUT2D eigenvalue weighted by molar-refractivity contribution is 7.23. The molecule has 0 aliphatic carbocycles. The van der Waals surface area contributed by atoms with Crippen molar-refractivity contribution >= 4 is 113 Å². The molecule has 0 bridgehead atoms. The van der Waals surface area contributed by atoms with Gasteiger partial charge in [0.2, 0.25) is 6.71 Å². The number of nitrogens with zero attached hydrogens (tertiary/aromatic N) is 2. The third kappa shape index (κ3) is 4.13. The fourth-order valence-corrected chi connectivity index (χ4v) is 12.1. The van der Waals surface area contributed by atoms with Crippen molar-refractivity contribution in [2.75, 3.05) is 9.80 Å². The number of allylic oxidation sites excluding steroid dienone is 1. The summed E-state index contributed by atoms with van der Waals surface area (Å²) in [6.07, 6.45) is -0.271. The molecule has 0 saturated heterocycles. The zero-order valence-corrected chi connectivity index (χ0v) is 32.9. The van der Waals surface area contributed by atoms with E-state index in [2.05, 4.69) is 157 Å². The Bertz CT molecular complexity index is 3360. The SMILES string of the molecule is CC1=C(C)C2B3c4c(cccc4N(c4cccc5oc6ccccc6c45)C2O1)Oc1sc2cc4c(cc2c13)B1c2ccccc2N(c2ccccc2)c2cccc(c21)O4.